The van der Waals surface area contributed by atoms with Crippen LogP contribution in [-0.4, -0.2) is 51.9 Å². The van der Waals surface area contributed by atoms with E-state index in [1.54, 1.807) is 17.1 Å². The van der Waals surface area contributed by atoms with Crippen molar-refractivity contribution in [3.8, 4) is 11.3 Å². The Hall–Kier alpha value is -2.94. The smallest absolute Gasteiger partial charge is 0.160 e. The molecule has 140 valence electrons. The van der Waals surface area contributed by atoms with Crippen LogP contribution in [0.1, 0.15) is 6.42 Å². The summed E-state index contributed by atoms with van der Waals surface area (Å²) in [4.78, 5) is 4.79. The molecular weight excluding hydrogens is 364 g/mol. The molecular formula is C18H20N6O2S. The van der Waals surface area contributed by atoms with Gasteiger partial charge in [-0.25, -0.2) is 13.4 Å². The SMILES string of the molecule is Cn1ncc2c(NCCCS(C)(=O)=O)cc(-c3cccc4[nH]ncc34)nc21. The van der Waals surface area contributed by atoms with Crippen molar-refractivity contribution in [1.29, 1.82) is 0 Å². The van der Waals surface area contributed by atoms with Crippen LogP contribution in [0.2, 0.25) is 0 Å². The molecule has 0 aliphatic heterocycles. The lowest BCUT2D eigenvalue weighted by Crippen LogP contribution is -2.10. The first-order valence-electron chi connectivity index (χ1n) is 8.59. The van der Waals surface area contributed by atoms with Gasteiger partial charge < -0.3 is 5.32 Å². The van der Waals surface area contributed by atoms with E-state index in [9.17, 15) is 8.42 Å². The van der Waals surface area contributed by atoms with Gasteiger partial charge in [0.05, 0.1) is 34.7 Å². The van der Waals surface area contributed by atoms with Crippen molar-refractivity contribution < 1.29 is 8.42 Å². The number of pyridine rings is 1. The summed E-state index contributed by atoms with van der Waals surface area (Å²) in [5.41, 5.74) is 4.38. The highest BCUT2D eigenvalue weighted by Gasteiger charge is 2.13. The van der Waals surface area contributed by atoms with E-state index < -0.39 is 9.84 Å². The van der Waals surface area contributed by atoms with E-state index in [2.05, 4.69) is 20.6 Å². The van der Waals surface area contributed by atoms with Crippen molar-refractivity contribution >= 4 is 37.5 Å². The van der Waals surface area contributed by atoms with Crippen molar-refractivity contribution in [3.05, 3.63) is 36.7 Å². The first-order chi connectivity index (χ1) is 12.9. The molecule has 4 aromatic rings. The predicted molar refractivity (Wildman–Crippen MR) is 106 cm³/mol. The summed E-state index contributed by atoms with van der Waals surface area (Å²) < 4.78 is 24.4. The molecule has 3 aromatic heterocycles. The van der Waals surface area contributed by atoms with E-state index in [1.165, 1.54) is 6.26 Å². The van der Waals surface area contributed by atoms with Gasteiger partial charge in [0, 0.05) is 36.5 Å². The van der Waals surface area contributed by atoms with Gasteiger partial charge in [-0.1, -0.05) is 12.1 Å². The van der Waals surface area contributed by atoms with Crippen molar-refractivity contribution in [2.75, 3.05) is 23.9 Å². The van der Waals surface area contributed by atoms with Gasteiger partial charge in [0.2, 0.25) is 0 Å². The number of H-pyrrole nitrogens is 1. The minimum atomic E-state index is -2.97. The molecule has 2 N–H and O–H groups in total. The molecule has 1 aromatic carbocycles. The average Bonchev–Trinajstić information content (AvgIpc) is 3.24. The van der Waals surface area contributed by atoms with Crippen LogP contribution >= 0.6 is 0 Å². The zero-order valence-corrected chi connectivity index (χ0v) is 15.9. The summed E-state index contributed by atoms with van der Waals surface area (Å²) >= 11 is 0. The number of aromatic amines is 1. The maximum Gasteiger partial charge on any atom is 0.160 e. The lowest BCUT2D eigenvalue weighted by atomic mass is 10.1. The van der Waals surface area contributed by atoms with Crippen LogP contribution in [0.15, 0.2) is 36.7 Å². The summed E-state index contributed by atoms with van der Waals surface area (Å²) in [5, 5.41) is 16.6. The molecule has 0 atom stereocenters. The first kappa shape index (κ1) is 17.5. The van der Waals surface area contributed by atoms with Crippen LogP contribution in [0.25, 0.3) is 33.2 Å². The number of sulfone groups is 1. The zero-order chi connectivity index (χ0) is 19.0. The van der Waals surface area contributed by atoms with Gasteiger partial charge in [0.25, 0.3) is 0 Å². The molecule has 3 heterocycles. The molecule has 4 rings (SSSR count). The predicted octanol–water partition coefficient (Wildman–Crippen LogP) is 2.36. The molecule has 0 amide bonds. The Labute approximate surface area is 156 Å². The lowest BCUT2D eigenvalue weighted by Gasteiger charge is -2.11. The fraction of sp³-hybridized carbons (Fsp3) is 0.278. The number of nitrogens with zero attached hydrogens (tertiary/aromatic N) is 4. The molecule has 0 saturated carbocycles. The lowest BCUT2D eigenvalue weighted by molar-refractivity contribution is 0.600. The highest BCUT2D eigenvalue weighted by molar-refractivity contribution is 7.90. The summed E-state index contributed by atoms with van der Waals surface area (Å²) in [5.74, 6) is 0.155. The second kappa shape index (κ2) is 6.66. The van der Waals surface area contributed by atoms with E-state index in [0.717, 1.165) is 38.9 Å². The molecule has 0 saturated heterocycles. The Morgan fingerprint density at radius 1 is 1.22 bits per heavy atom. The Balaban J connectivity index is 1.74. The fourth-order valence-corrected chi connectivity index (χ4v) is 3.82. The van der Waals surface area contributed by atoms with Crippen LogP contribution in [0.3, 0.4) is 0 Å². The van der Waals surface area contributed by atoms with E-state index in [4.69, 9.17) is 4.98 Å². The van der Waals surface area contributed by atoms with Gasteiger partial charge in [-0.3, -0.25) is 9.78 Å². The van der Waals surface area contributed by atoms with Crippen LogP contribution in [-0.2, 0) is 16.9 Å². The standard InChI is InChI=1S/C18H20N6O2S/c1-24-18-14(11-21-24)16(19-7-4-8-27(2,25)26)9-17(22-18)12-5-3-6-15-13(12)10-20-23-15/h3,5-6,9-11H,4,7-8H2,1-2H3,(H,19,22)(H,20,23). The topological polar surface area (TPSA) is 106 Å². The molecule has 0 radical (unpaired) electrons. The number of aromatic nitrogens is 5. The Kier molecular flexibility index (Phi) is 4.31. The molecule has 0 bridgehead atoms. The van der Waals surface area contributed by atoms with Gasteiger partial charge in [-0.2, -0.15) is 10.2 Å². The molecule has 0 unspecified atom stereocenters. The fourth-order valence-electron chi connectivity index (χ4n) is 3.15. The van der Waals surface area contributed by atoms with Gasteiger partial charge in [-0.15, -0.1) is 0 Å². The highest BCUT2D eigenvalue weighted by Crippen LogP contribution is 2.31. The van der Waals surface area contributed by atoms with Crippen molar-refractivity contribution in [1.82, 2.24) is 25.0 Å². The number of benzene rings is 1. The molecule has 27 heavy (non-hydrogen) atoms. The average molecular weight is 384 g/mol. The quantitative estimate of drug-likeness (QED) is 0.494. The third kappa shape index (κ3) is 3.50. The molecule has 0 aliphatic carbocycles. The maximum absolute atomic E-state index is 11.3. The summed E-state index contributed by atoms with van der Waals surface area (Å²) in [6.45, 7) is 0.552. The van der Waals surface area contributed by atoms with Crippen molar-refractivity contribution in [2.24, 2.45) is 7.05 Å². The molecule has 0 spiro atoms. The summed E-state index contributed by atoms with van der Waals surface area (Å²) in [7, 11) is -1.11. The monoisotopic (exact) mass is 384 g/mol. The number of anilines is 1. The summed E-state index contributed by atoms with van der Waals surface area (Å²) in [6.07, 6.45) is 5.35. The number of rotatable bonds is 6. The van der Waals surface area contributed by atoms with E-state index >= 15 is 0 Å². The number of aryl methyl sites for hydroxylation is 1. The molecule has 0 aliphatic rings. The molecule has 9 heteroatoms. The zero-order valence-electron chi connectivity index (χ0n) is 15.1. The second-order valence-electron chi connectivity index (χ2n) is 6.61. The van der Waals surface area contributed by atoms with Crippen LogP contribution in [0.4, 0.5) is 5.69 Å². The Morgan fingerprint density at radius 2 is 2.07 bits per heavy atom. The van der Waals surface area contributed by atoms with Crippen molar-refractivity contribution in [3.63, 3.8) is 0 Å². The maximum atomic E-state index is 11.3. The van der Waals surface area contributed by atoms with Crippen LogP contribution < -0.4 is 5.32 Å². The van der Waals surface area contributed by atoms with Gasteiger partial charge in [-0.05, 0) is 18.6 Å². The van der Waals surface area contributed by atoms with Crippen molar-refractivity contribution in [2.45, 2.75) is 6.42 Å². The third-order valence-corrected chi connectivity index (χ3v) is 5.50. The number of nitrogens with one attached hydrogen (secondary N) is 2. The largest absolute Gasteiger partial charge is 0.384 e. The van der Waals surface area contributed by atoms with E-state index in [0.29, 0.717) is 13.0 Å². The van der Waals surface area contributed by atoms with Gasteiger partial charge in [0.1, 0.15) is 9.84 Å². The Morgan fingerprint density at radius 3 is 2.89 bits per heavy atom. The number of fused-ring (bicyclic) bond motifs is 2. The van der Waals surface area contributed by atoms with E-state index in [1.807, 2.05) is 31.3 Å². The minimum absolute atomic E-state index is 0.155. The number of hydrogen-bond donors (Lipinski definition) is 2. The highest BCUT2D eigenvalue weighted by atomic mass is 32.2. The minimum Gasteiger partial charge on any atom is -0.384 e. The third-order valence-electron chi connectivity index (χ3n) is 4.47. The van der Waals surface area contributed by atoms with Crippen LogP contribution in [0.5, 0.6) is 0 Å². The summed E-state index contributed by atoms with van der Waals surface area (Å²) in [6, 6.07) is 7.92. The Bertz CT molecular complexity index is 1230. The van der Waals surface area contributed by atoms with Crippen LogP contribution in [0, 0.1) is 0 Å². The second-order valence-corrected chi connectivity index (χ2v) is 8.87. The first-order valence-corrected chi connectivity index (χ1v) is 10.7. The number of hydrogen-bond acceptors (Lipinski definition) is 6. The molecule has 8 nitrogen and oxygen atoms in total. The van der Waals surface area contributed by atoms with Gasteiger partial charge >= 0.3 is 0 Å². The van der Waals surface area contributed by atoms with E-state index in [-0.39, 0.29) is 5.75 Å². The normalized spacial score (nSPS) is 12.1. The molecule has 0 fully saturated rings. The van der Waals surface area contributed by atoms with Gasteiger partial charge in [0.15, 0.2) is 5.65 Å².